The quantitative estimate of drug-likeness (QED) is 0.837. The van der Waals surface area contributed by atoms with Crippen LogP contribution in [0.25, 0.3) is 0 Å². The van der Waals surface area contributed by atoms with E-state index < -0.39 is 0 Å². The molecule has 1 aromatic heterocycles. The Morgan fingerprint density at radius 3 is 2.80 bits per heavy atom. The number of carbonyl (C=O) groups excluding carboxylic acids is 1. The minimum absolute atomic E-state index is 0.0308. The summed E-state index contributed by atoms with van der Waals surface area (Å²) < 4.78 is 0. The van der Waals surface area contributed by atoms with Gasteiger partial charge in [-0.25, -0.2) is 9.97 Å². The van der Waals surface area contributed by atoms with E-state index in [4.69, 9.17) is 0 Å². The third kappa shape index (κ3) is 4.16. The molecular formula is C20H26N4O. The van der Waals surface area contributed by atoms with E-state index in [2.05, 4.69) is 29.0 Å². The van der Waals surface area contributed by atoms with Crippen LogP contribution >= 0.6 is 0 Å². The first-order valence-electron chi connectivity index (χ1n) is 9.08. The molecule has 1 amide bonds. The highest BCUT2D eigenvalue weighted by atomic mass is 16.2. The Morgan fingerprint density at radius 1 is 1.24 bits per heavy atom. The first-order chi connectivity index (χ1) is 12.2. The number of carbonyl (C=O) groups is 1. The molecule has 0 aliphatic carbocycles. The molecule has 0 spiro atoms. The standard InChI is InChI=1S/C20H26N4O/c1-3-17-11-7-8-14-24(17)19(25)18-12-13-21-20(22-18)23(2)15-16-9-5-4-6-10-16/h4-6,9-10,12-13,17H,3,7-8,11,14-15H2,1-2H3. The van der Waals surface area contributed by atoms with E-state index in [1.54, 1.807) is 12.3 Å². The van der Waals surface area contributed by atoms with Crippen molar-refractivity contribution in [1.29, 1.82) is 0 Å². The summed E-state index contributed by atoms with van der Waals surface area (Å²) in [6, 6.07) is 12.2. The molecule has 0 N–H and O–H groups in total. The average molecular weight is 338 g/mol. The van der Waals surface area contributed by atoms with Gasteiger partial charge in [0.1, 0.15) is 5.69 Å². The van der Waals surface area contributed by atoms with Gasteiger partial charge in [0.05, 0.1) is 0 Å². The summed E-state index contributed by atoms with van der Waals surface area (Å²) in [5.74, 6) is 0.614. The second-order valence-electron chi connectivity index (χ2n) is 6.64. The van der Waals surface area contributed by atoms with Crippen molar-refractivity contribution >= 4 is 11.9 Å². The fourth-order valence-electron chi connectivity index (χ4n) is 3.42. The fourth-order valence-corrected chi connectivity index (χ4v) is 3.42. The number of benzene rings is 1. The summed E-state index contributed by atoms with van der Waals surface area (Å²) in [5, 5.41) is 0. The van der Waals surface area contributed by atoms with E-state index >= 15 is 0 Å². The van der Waals surface area contributed by atoms with Gasteiger partial charge < -0.3 is 9.80 Å². The highest BCUT2D eigenvalue weighted by Crippen LogP contribution is 2.21. The Morgan fingerprint density at radius 2 is 2.04 bits per heavy atom. The molecule has 0 radical (unpaired) electrons. The van der Waals surface area contributed by atoms with Crippen molar-refractivity contribution in [3.63, 3.8) is 0 Å². The van der Waals surface area contributed by atoms with Crippen LogP contribution in [0.15, 0.2) is 42.6 Å². The van der Waals surface area contributed by atoms with Crippen molar-refractivity contribution in [3.05, 3.63) is 53.9 Å². The maximum atomic E-state index is 12.9. The Bertz CT molecular complexity index is 704. The van der Waals surface area contributed by atoms with Gasteiger partial charge in [-0.2, -0.15) is 0 Å². The molecule has 2 heterocycles. The van der Waals surface area contributed by atoms with Crippen LogP contribution in [0.1, 0.15) is 48.7 Å². The van der Waals surface area contributed by atoms with Crippen LogP contribution in [0.4, 0.5) is 5.95 Å². The highest BCUT2D eigenvalue weighted by molar-refractivity contribution is 5.92. The average Bonchev–Trinajstić information content (AvgIpc) is 2.68. The molecule has 0 saturated carbocycles. The van der Waals surface area contributed by atoms with Gasteiger partial charge >= 0.3 is 0 Å². The van der Waals surface area contributed by atoms with E-state index in [9.17, 15) is 4.79 Å². The molecule has 1 aliphatic rings. The summed E-state index contributed by atoms with van der Waals surface area (Å²) in [7, 11) is 1.95. The summed E-state index contributed by atoms with van der Waals surface area (Å²) in [6.07, 6.45) is 6.05. The van der Waals surface area contributed by atoms with Gasteiger partial charge in [-0.05, 0) is 37.3 Å². The van der Waals surface area contributed by atoms with Crippen LogP contribution in [-0.2, 0) is 6.54 Å². The van der Waals surface area contributed by atoms with E-state index in [-0.39, 0.29) is 5.91 Å². The molecule has 1 unspecified atom stereocenters. The Hall–Kier alpha value is -2.43. The molecule has 5 heteroatoms. The molecule has 132 valence electrons. The van der Waals surface area contributed by atoms with Crippen LogP contribution < -0.4 is 4.90 Å². The lowest BCUT2D eigenvalue weighted by Gasteiger charge is -2.35. The Balaban J connectivity index is 1.75. The Labute approximate surface area is 149 Å². The van der Waals surface area contributed by atoms with Gasteiger partial charge in [0.25, 0.3) is 5.91 Å². The molecule has 1 saturated heterocycles. The van der Waals surface area contributed by atoms with Gasteiger partial charge in [0, 0.05) is 32.4 Å². The van der Waals surface area contributed by atoms with Crippen molar-refractivity contribution in [1.82, 2.24) is 14.9 Å². The van der Waals surface area contributed by atoms with Crippen molar-refractivity contribution in [2.45, 2.75) is 45.2 Å². The van der Waals surface area contributed by atoms with Crippen LogP contribution in [0.2, 0.25) is 0 Å². The van der Waals surface area contributed by atoms with Crippen LogP contribution in [0.3, 0.4) is 0 Å². The maximum Gasteiger partial charge on any atom is 0.272 e. The topological polar surface area (TPSA) is 49.3 Å². The Kier molecular flexibility index (Phi) is 5.64. The summed E-state index contributed by atoms with van der Waals surface area (Å²) in [4.78, 5) is 25.8. The molecular weight excluding hydrogens is 312 g/mol. The molecule has 0 bridgehead atoms. The number of hydrogen-bond acceptors (Lipinski definition) is 4. The SMILES string of the molecule is CCC1CCCCN1C(=O)c1ccnc(N(C)Cc2ccccc2)n1. The van der Waals surface area contributed by atoms with Gasteiger partial charge in [-0.1, -0.05) is 37.3 Å². The van der Waals surface area contributed by atoms with Crippen molar-refractivity contribution < 1.29 is 4.79 Å². The van der Waals surface area contributed by atoms with Crippen molar-refractivity contribution in [2.75, 3.05) is 18.5 Å². The lowest BCUT2D eigenvalue weighted by atomic mass is 9.99. The number of aromatic nitrogens is 2. The van der Waals surface area contributed by atoms with E-state index in [1.807, 2.05) is 35.0 Å². The fraction of sp³-hybridized carbons (Fsp3) is 0.450. The molecule has 1 aliphatic heterocycles. The lowest BCUT2D eigenvalue weighted by molar-refractivity contribution is 0.0602. The minimum Gasteiger partial charge on any atom is -0.340 e. The molecule has 3 rings (SSSR count). The molecule has 2 aromatic rings. The normalized spacial score (nSPS) is 17.4. The zero-order chi connectivity index (χ0) is 17.6. The number of likely N-dealkylation sites (tertiary alicyclic amines) is 1. The number of amides is 1. The second kappa shape index (κ2) is 8.10. The minimum atomic E-state index is 0.0308. The second-order valence-corrected chi connectivity index (χ2v) is 6.64. The molecule has 1 atom stereocenters. The zero-order valence-electron chi connectivity index (χ0n) is 15.1. The predicted molar refractivity (Wildman–Crippen MR) is 99.5 cm³/mol. The van der Waals surface area contributed by atoms with Crippen LogP contribution in [-0.4, -0.2) is 40.4 Å². The predicted octanol–water partition coefficient (Wildman–Crippen LogP) is 3.52. The third-order valence-corrected chi connectivity index (χ3v) is 4.83. The summed E-state index contributed by atoms with van der Waals surface area (Å²) >= 11 is 0. The number of piperidine rings is 1. The molecule has 25 heavy (non-hydrogen) atoms. The van der Waals surface area contributed by atoms with Gasteiger partial charge in [0.15, 0.2) is 0 Å². The summed E-state index contributed by atoms with van der Waals surface area (Å²) in [6.45, 7) is 3.69. The van der Waals surface area contributed by atoms with Crippen molar-refractivity contribution in [3.8, 4) is 0 Å². The smallest absolute Gasteiger partial charge is 0.272 e. The van der Waals surface area contributed by atoms with Gasteiger partial charge in [-0.3, -0.25) is 4.79 Å². The maximum absolute atomic E-state index is 12.9. The lowest BCUT2D eigenvalue weighted by Crippen LogP contribution is -2.43. The number of hydrogen-bond donors (Lipinski definition) is 0. The molecule has 1 aromatic carbocycles. The van der Waals surface area contributed by atoms with Crippen LogP contribution in [0.5, 0.6) is 0 Å². The monoisotopic (exact) mass is 338 g/mol. The van der Waals surface area contributed by atoms with Crippen LogP contribution in [0, 0.1) is 0 Å². The summed E-state index contributed by atoms with van der Waals surface area (Å²) in [5.41, 5.74) is 1.68. The first kappa shape index (κ1) is 17.4. The number of nitrogens with zero attached hydrogens (tertiary/aromatic N) is 4. The highest BCUT2D eigenvalue weighted by Gasteiger charge is 2.27. The van der Waals surface area contributed by atoms with Gasteiger partial charge in [0.2, 0.25) is 5.95 Å². The first-order valence-corrected chi connectivity index (χ1v) is 9.08. The number of rotatable bonds is 5. The largest absolute Gasteiger partial charge is 0.340 e. The molecule has 5 nitrogen and oxygen atoms in total. The zero-order valence-corrected chi connectivity index (χ0v) is 15.1. The van der Waals surface area contributed by atoms with E-state index in [0.717, 1.165) is 25.8 Å². The van der Waals surface area contributed by atoms with Crippen molar-refractivity contribution in [2.24, 2.45) is 0 Å². The van der Waals surface area contributed by atoms with E-state index in [0.29, 0.717) is 24.2 Å². The third-order valence-electron chi connectivity index (χ3n) is 4.83. The van der Waals surface area contributed by atoms with E-state index in [1.165, 1.54) is 12.0 Å². The van der Waals surface area contributed by atoms with Gasteiger partial charge in [-0.15, -0.1) is 0 Å². The molecule has 1 fully saturated rings. The number of anilines is 1.